The van der Waals surface area contributed by atoms with Gasteiger partial charge in [-0.05, 0) is 12.5 Å². The molecule has 0 saturated heterocycles. The minimum absolute atomic E-state index is 0.0200. The van der Waals surface area contributed by atoms with E-state index in [1.54, 1.807) is 13.3 Å². The molecule has 0 bridgehead atoms. The van der Waals surface area contributed by atoms with Gasteiger partial charge in [0.25, 0.3) is 0 Å². The molecule has 0 radical (unpaired) electrons. The molecule has 0 fully saturated rings. The summed E-state index contributed by atoms with van der Waals surface area (Å²) in [6.45, 7) is 2.38. The molecule has 0 spiro atoms. The number of hydrogen-bond donors (Lipinski definition) is 1. The second kappa shape index (κ2) is 6.48. The third kappa shape index (κ3) is 3.48. The third-order valence-corrected chi connectivity index (χ3v) is 3.20. The normalized spacial score (nSPS) is 11.9. The van der Waals surface area contributed by atoms with Gasteiger partial charge < -0.3 is 10.1 Å². The molecule has 1 unspecified atom stereocenters. The number of alkyl halides is 1. The number of carbonyl (C=O) groups excluding carboxylic acids is 1. The molecule has 5 heteroatoms. The van der Waals surface area contributed by atoms with E-state index < -0.39 is 0 Å². The SMILES string of the molecule is CCC(Br)C(=O)NCc1cccnc1OC. The first-order chi connectivity index (χ1) is 7.69. The predicted molar refractivity (Wildman–Crippen MR) is 65.6 cm³/mol. The lowest BCUT2D eigenvalue weighted by molar-refractivity contribution is -0.120. The van der Waals surface area contributed by atoms with Crippen molar-refractivity contribution in [2.45, 2.75) is 24.7 Å². The summed E-state index contributed by atoms with van der Waals surface area (Å²) in [5, 5.41) is 2.82. The van der Waals surface area contributed by atoms with Crippen LogP contribution in [0.3, 0.4) is 0 Å². The Kier molecular flexibility index (Phi) is 5.25. The van der Waals surface area contributed by atoms with Crippen molar-refractivity contribution in [1.82, 2.24) is 10.3 Å². The standard InChI is InChI=1S/C11H15BrN2O2/c1-3-9(12)10(15)14-7-8-5-4-6-13-11(8)16-2/h4-6,9H,3,7H2,1-2H3,(H,14,15). The first-order valence-electron chi connectivity index (χ1n) is 5.08. The Labute approximate surface area is 104 Å². The molecule has 1 rings (SSSR count). The number of nitrogens with one attached hydrogen (secondary N) is 1. The van der Waals surface area contributed by atoms with E-state index in [1.807, 2.05) is 19.1 Å². The molecular formula is C11H15BrN2O2. The van der Waals surface area contributed by atoms with Gasteiger partial charge in [0.05, 0.1) is 11.9 Å². The summed E-state index contributed by atoms with van der Waals surface area (Å²) in [5.41, 5.74) is 0.870. The van der Waals surface area contributed by atoms with Crippen LogP contribution in [-0.2, 0) is 11.3 Å². The number of rotatable bonds is 5. The van der Waals surface area contributed by atoms with E-state index >= 15 is 0 Å². The van der Waals surface area contributed by atoms with E-state index in [9.17, 15) is 4.79 Å². The maximum atomic E-state index is 11.5. The molecule has 16 heavy (non-hydrogen) atoms. The summed E-state index contributed by atoms with van der Waals surface area (Å²) < 4.78 is 5.09. The van der Waals surface area contributed by atoms with Gasteiger partial charge in [-0.15, -0.1) is 0 Å². The summed E-state index contributed by atoms with van der Waals surface area (Å²) in [6, 6.07) is 3.69. The summed E-state index contributed by atoms with van der Waals surface area (Å²) in [7, 11) is 1.56. The highest BCUT2D eigenvalue weighted by molar-refractivity contribution is 9.10. The van der Waals surface area contributed by atoms with Gasteiger partial charge in [0.2, 0.25) is 11.8 Å². The van der Waals surface area contributed by atoms with Gasteiger partial charge in [-0.3, -0.25) is 4.79 Å². The smallest absolute Gasteiger partial charge is 0.234 e. The molecule has 1 N–H and O–H groups in total. The van der Waals surface area contributed by atoms with Gasteiger partial charge in [0.15, 0.2) is 0 Å². The molecule has 4 nitrogen and oxygen atoms in total. The topological polar surface area (TPSA) is 51.2 Å². The molecule has 0 aliphatic rings. The number of amides is 1. The lowest BCUT2D eigenvalue weighted by atomic mass is 10.2. The molecule has 0 aliphatic carbocycles. The van der Waals surface area contributed by atoms with Crippen molar-refractivity contribution >= 4 is 21.8 Å². The predicted octanol–water partition coefficient (Wildman–Crippen LogP) is 1.88. The van der Waals surface area contributed by atoms with Crippen LogP contribution in [0.1, 0.15) is 18.9 Å². The summed E-state index contributed by atoms with van der Waals surface area (Å²) in [5.74, 6) is 0.527. The van der Waals surface area contributed by atoms with Crippen LogP contribution in [0.25, 0.3) is 0 Å². The molecule has 1 heterocycles. The first-order valence-corrected chi connectivity index (χ1v) is 6.00. The largest absolute Gasteiger partial charge is 0.481 e. The van der Waals surface area contributed by atoms with Crippen molar-refractivity contribution in [2.75, 3.05) is 7.11 Å². The zero-order chi connectivity index (χ0) is 12.0. The zero-order valence-corrected chi connectivity index (χ0v) is 11.0. The van der Waals surface area contributed by atoms with Crippen molar-refractivity contribution in [3.63, 3.8) is 0 Å². The maximum absolute atomic E-state index is 11.5. The fourth-order valence-electron chi connectivity index (χ4n) is 1.22. The van der Waals surface area contributed by atoms with E-state index in [1.165, 1.54) is 0 Å². The molecule has 0 saturated carbocycles. The van der Waals surface area contributed by atoms with Crippen LogP contribution in [-0.4, -0.2) is 22.8 Å². The minimum Gasteiger partial charge on any atom is -0.481 e. The van der Waals surface area contributed by atoms with E-state index in [0.717, 1.165) is 12.0 Å². The van der Waals surface area contributed by atoms with E-state index in [0.29, 0.717) is 12.4 Å². The quantitative estimate of drug-likeness (QED) is 0.841. The van der Waals surface area contributed by atoms with Crippen molar-refractivity contribution in [1.29, 1.82) is 0 Å². The summed E-state index contributed by atoms with van der Waals surface area (Å²) in [6.07, 6.45) is 2.42. The summed E-state index contributed by atoms with van der Waals surface area (Å²) in [4.78, 5) is 15.4. The number of halogens is 1. The van der Waals surface area contributed by atoms with Crippen LogP contribution in [0, 0.1) is 0 Å². The first kappa shape index (κ1) is 13.0. The Hall–Kier alpha value is -1.10. The highest BCUT2D eigenvalue weighted by atomic mass is 79.9. The fourth-order valence-corrected chi connectivity index (χ4v) is 1.38. The molecular weight excluding hydrogens is 272 g/mol. The van der Waals surface area contributed by atoms with Gasteiger partial charge in [0, 0.05) is 18.3 Å². The number of hydrogen-bond acceptors (Lipinski definition) is 3. The van der Waals surface area contributed by atoms with Gasteiger partial charge in [-0.2, -0.15) is 0 Å². The van der Waals surface area contributed by atoms with Crippen LogP contribution in [0.4, 0.5) is 0 Å². The molecule has 88 valence electrons. The van der Waals surface area contributed by atoms with Gasteiger partial charge in [0.1, 0.15) is 0 Å². The second-order valence-electron chi connectivity index (χ2n) is 3.27. The number of aromatic nitrogens is 1. The van der Waals surface area contributed by atoms with Gasteiger partial charge >= 0.3 is 0 Å². The lowest BCUT2D eigenvalue weighted by Crippen LogP contribution is -2.30. The Morgan fingerprint density at radius 2 is 2.44 bits per heavy atom. The third-order valence-electron chi connectivity index (χ3n) is 2.14. The Balaban J connectivity index is 2.57. The van der Waals surface area contributed by atoms with E-state index in [4.69, 9.17) is 4.74 Å². The Bertz CT molecular complexity index is 358. The van der Waals surface area contributed by atoms with Gasteiger partial charge in [-0.1, -0.05) is 28.9 Å². The zero-order valence-electron chi connectivity index (χ0n) is 9.37. The monoisotopic (exact) mass is 286 g/mol. The number of carbonyl (C=O) groups is 1. The minimum atomic E-state index is -0.143. The van der Waals surface area contributed by atoms with Crippen LogP contribution in [0.2, 0.25) is 0 Å². The average molecular weight is 287 g/mol. The fraction of sp³-hybridized carbons (Fsp3) is 0.455. The van der Waals surface area contributed by atoms with Gasteiger partial charge in [-0.25, -0.2) is 4.98 Å². The van der Waals surface area contributed by atoms with Crippen molar-refractivity contribution in [3.8, 4) is 5.88 Å². The highest BCUT2D eigenvalue weighted by Crippen LogP contribution is 2.13. The van der Waals surface area contributed by atoms with Crippen molar-refractivity contribution in [2.24, 2.45) is 0 Å². The maximum Gasteiger partial charge on any atom is 0.234 e. The number of pyridine rings is 1. The molecule has 0 aliphatic heterocycles. The number of ether oxygens (including phenoxy) is 1. The molecule has 0 aromatic carbocycles. The van der Waals surface area contributed by atoms with Crippen LogP contribution in [0.5, 0.6) is 5.88 Å². The summed E-state index contributed by atoms with van der Waals surface area (Å²) >= 11 is 3.29. The van der Waals surface area contributed by atoms with E-state index in [2.05, 4.69) is 26.2 Å². The Morgan fingerprint density at radius 3 is 3.06 bits per heavy atom. The molecule has 1 aromatic rings. The Morgan fingerprint density at radius 1 is 1.69 bits per heavy atom. The van der Waals surface area contributed by atoms with E-state index in [-0.39, 0.29) is 10.7 Å². The highest BCUT2D eigenvalue weighted by Gasteiger charge is 2.12. The van der Waals surface area contributed by atoms with Crippen molar-refractivity contribution in [3.05, 3.63) is 23.9 Å². The van der Waals surface area contributed by atoms with Crippen molar-refractivity contribution < 1.29 is 9.53 Å². The lowest BCUT2D eigenvalue weighted by Gasteiger charge is -2.10. The second-order valence-corrected chi connectivity index (χ2v) is 4.37. The number of methoxy groups -OCH3 is 1. The average Bonchev–Trinajstić information content (AvgIpc) is 2.35. The number of nitrogens with zero attached hydrogens (tertiary/aromatic N) is 1. The van der Waals surface area contributed by atoms with Crippen LogP contribution >= 0.6 is 15.9 Å². The van der Waals surface area contributed by atoms with Crippen LogP contribution < -0.4 is 10.1 Å². The molecule has 1 atom stereocenters. The molecule has 1 aromatic heterocycles. The van der Waals surface area contributed by atoms with Crippen LogP contribution in [0.15, 0.2) is 18.3 Å². The molecule has 1 amide bonds.